The van der Waals surface area contributed by atoms with Crippen LogP contribution in [0.4, 0.5) is 0 Å². The molecule has 2 aromatic rings. The van der Waals surface area contributed by atoms with Crippen molar-refractivity contribution in [3.8, 4) is 0 Å². The quantitative estimate of drug-likeness (QED) is 0.878. The first-order chi connectivity index (χ1) is 8.72. The number of rotatable bonds is 5. The first-order valence-corrected chi connectivity index (χ1v) is 6.59. The van der Waals surface area contributed by atoms with Gasteiger partial charge in [0.05, 0.1) is 29.4 Å². The summed E-state index contributed by atoms with van der Waals surface area (Å²) in [6.07, 6.45) is 2.33. The van der Waals surface area contributed by atoms with E-state index in [4.69, 9.17) is 10.2 Å². The molecule has 0 aromatic carbocycles. The monoisotopic (exact) mass is 337 g/mol. The van der Waals surface area contributed by atoms with Gasteiger partial charge in [0.15, 0.2) is 0 Å². The number of nitrogens with zero attached hydrogens (tertiary/aromatic N) is 1. The highest BCUT2D eigenvalue weighted by Crippen LogP contribution is 2.11. The van der Waals surface area contributed by atoms with E-state index in [1.54, 1.807) is 17.4 Å². The summed E-state index contributed by atoms with van der Waals surface area (Å²) >= 11 is 1.61. The number of carbonyl (C=O) groups is 1. The third-order valence-electron chi connectivity index (χ3n) is 2.45. The Labute approximate surface area is 133 Å². The van der Waals surface area contributed by atoms with Crippen LogP contribution < -0.4 is 11.1 Å². The summed E-state index contributed by atoms with van der Waals surface area (Å²) in [6, 6.07) is 1.65. The van der Waals surface area contributed by atoms with Gasteiger partial charge in [0.2, 0.25) is 0 Å². The maximum absolute atomic E-state index is 11.8. The number of aromatic nitrogens is 1. The summed E-state index contributed by atoms with van der Waals surface area (Å²) in [5.41, 5.74) is 6.78. The van der Waals surface area contributed by atoms with E-state index in [2.05, 4.69) is 17.2 Å². The minimum absolute atomic E-state index is 0. The van der Waals surface area contributed by atoms with Crippen LogP contribution >= 0.6 is 36.2 Å². The third kappa shape index (κ3) is 4.79. The lowest BCUT2D eigenvalue weighted by Crippen LogP contribution is -2.22. The van der Waals surface area contributed by atoms with E-state index >= 15 is 0 Å². The van der Waals surface area contributed by atoms with Gasteiger partial charge in [-0.3, -0.25) is 4.79 Å². The van der Waals surface area contributed by atoms with E-state index in [1.165, 1.54) is 6.26 Å². The van der Waals surface area contributed by atoms with Gasteiger partial charge in [-0.25, -0.2) is 4.98 Å². The molecule has 1 amide bonds. The fourth-order valence-corrected chi connectivity index (χ4v) is 2.22. The molecule has 0 aliphatic carbocycles. The number of furan rings is 1. The minimum Gasteiger partial charge on any atom is -0.467 e. The lowest BCUT2D eigenvalue weighted by Gasteiger charge is -1.99. The topological polar surface area (TPSA) is 81.2 Å². The van der Waals surface area contributed by atoms with Gasteiger partial charge in [-0.2, -0.15) is 0 Å². The Morgan fingerprint density at radius 2 is 2.25 bits per heavy atom. The van der Waals surface area contributed by atoms with Crippen molar-refractivity contribution in [3.63, 3.8) is 0 Å². The van der Waals surface area contributed by atoms with Gasteiger partial charge in [-0.15, -0.1) is 36.2 Å². The number of amides is 1. The second-order valence-electron chi connectivity index (χ2n) is 3.77. The molecule has 2 rings (SSSR count). The molecule has 112 valence electrons. The van der Waals surface area contributed by atoms with Crippen molar-refractivity contribution >= 4 is 42.1 Å². The highest BCUT2D eigenvalue weighted by molar-refractivity contribution is 7.09. The summed E-state index contributed by atoms with van der Waals surface area (Å²) in [6.45, 7) is 2.78. The molecule has 0 saturated heterocycles. The standard InChI is InChI=1S/C12H15N3O2S.2ClH/c1-2-11-15-9(7-18-11)5-14-12(16)8-3-10(4-13)17-6-8;;/h3,6-7H,2,4-5,13H2,1H3,(H,14,16);2*1H. The second kappa shape index (κ2) is 8.97. The first kappa shape index (κ1) is 18.9. The van der Waals surface area contributed by atoms with Crippen LogP contribution in [0.3, 0.4) is 0 Å². The van der Waals surface area contributed by atoms with Gasteiger partial charge in [-0.1, -0.05) is 6.92 Å². The molecule has 0 aliphatic rings. The first-order valence-electron chi connectivity index (χ1n) is 5.72. The predicted molar refractivity (Wildman–Crippen MR) is 83.8 cm³/mol. The van der Waals surface area contributed by atoms with E-state index in [-0.39, 0.29) is 30.7 Å². The minimum atomic E-state index is -0.176. The number of halogens is 2. The molecule has 0 spiro atoms. The Morgan fingerprint density at radius 1 is 1.50 bits per heavy atom. The lowest BCUT2D eigenvalue weighted by molar-refractivity contribution is 0.0950. The number of nitrogens with one attached hydrogen (secondary N) is 1. The van der Waals surface area contributed by atoms with Gasteiger partial charge in [0.1, 0.15) is 12.0 Å². The molecule has 0 aliphatic heterocycles. The summed E-state index contributed by atoms with van der Waals surface area (Å²) in [5.74, 6) is 0.423. The SMILES string of the molecule is CCc1nc(CNC(=O)c2coc(CN)c2)cs1.Cl.Cl. The zero-order valence-electron chi connectivity index (χ0n) is 10.9. The molecule has 2 heterocycles. The van der Waals surface area contributed by atoms with Crippen molar-refractivity contribution in [1.29, 1.82) is 0 Å². The number of thiazole rings is 1. The van der Waals surface area contributed by atoms with Crippen LogP contribution in [-0.2, 0) is 19.5 Å². The van der Waals surface area contributed by atoms with Crippen molar-refractivity contribution in [1.82, 2.24) is 10.3 Å². The fourth-order valence-electron chi connectivity index (χ4n) is 1.47. The van der Waals surface area contributed by atoms with Crippen molar-refractivity contribution in [2.45, 2.75) is 26.4 Å². The van der Waals surface area contributed by atoms with Gasteiger partial charge < -0.3 is 15.5 Å². The largest absolute Gasteiger partial charge is 0.467 e. The molecule has 5 nitrogen and oxygen atoms in total. The highest BCUT2D eigenvalue weighted by atomic mass is 35.5. The Kier molecular flexibility index (Phi) is 8.48. The van der Waals surface area contributed by atoms with E-state index in [9.17, 15) is 4.79 Å². The van der Waals surface area contributed by atoms with Crippen molar-refractivity contribution in [3.05, 3.63) is 39.7 Å². The van der Waals surface area contributed by atoms with E-state index in [1.807, 2.05) is 5.38 Å². The smallest absolute Gasteiger partial charge is 0.254 e. The normalized spacial score (nSPS) is 9.50. The molecule has 2 aromatic heterocycles. The van der Waals surface area contributed by atoms with Crippen molar-refractivity contribution in [2.24, 2.45) is 5.73 Å². The molecule has 3 N–H and O–H groups in total. The van der Waals surface area contributed by atoms with Crippen LogP contribution in [0, 0.1) is 0 Å². The lowest BCUT2D eigenvalue weighted by atomic mass is 10.3. The number of hydrogen-bond acceptors (Lipinski definition) is 5. The zero-order chi connectivity index (χ0) is 13.0. The van der Waals surface area contributed by atoms with Gasteiger partial charge in [-0.05, 0) is 12.5 Å². The maximum atomic E-state index is 11.8. The van der Waals surface area contributed by atoms with E-state index < -0.39 is 0 Å². The Hall–Kier alpha value is -1.08. The maximum Gasteiger partial charge on any atom is 0.254 e. The number of hydrogen-bond donors (Lipinski definition) is 2. The highest BCUT2D eigenvalue weighted by Gasteiger charge is 2.10. The van der Waals surface area contributed by atoms with Gasteiger partial charge in [0.25, 0.3) is 5.91 Å². The average Bonchev–Trinajstić information content (AvgIpc) is 3.04. The Bertz CT molecular complexity index is 542. The molecular formula is C12H17Cl2N3O2S. The molecule has 0 saturated carbocycles. The molecule has 0 unspecified atom stereocenters. The molecule has 0 fully saturated rings. The molecule has 0 atom stereocenters. The van der Waals surface area contributed by atoms with Crippen LogP contribution in [0.15, 0.2) is 22.1 Å². The van der Waals surface area contributed by atoms with E-state index in [0.29, 0.717) is 24.4 Å². The van der Waals surface area contributed by atoms with Crippen LogP contribution in [0.1, 0.15) is 33.7 Å². The second-order valence-corrected chi connectivity index (χ2v) is 4.72. The predicted octanol–water partition coefficient (Wildman–Crippen LogP) is 2.53. The van der Waals surface area contributed by atoms with Gasteiger partial charge in [0, 0.05) is 5.38 Å². The van der Waals surface area contributed by atoms with Crippen LogP contribution in [-0.4, -0.2) is 10.9 Å². The summed E-state index contributed by atoms with van der Waals surface area (Å²) in [7, 11) is 0. The van der Waals surface area contributed by atoms with Crippen LogP contribution in [0.25, 0.3) is 0 Å². The number of aryl methyl sites for hydroxylation is 1. The molecule has 0 bridgehead atoms. The van der Waals surface area contributed by atoms with Crippen molar-refractivity contribution < 1.29 is 9.21 Å². The summed E-state index contributed by atoms with van der Waals surface area (Å²) in [5, 5.41) is 5.83. The summed E-state index contributed by atoms with van der Waals surface area (Å²) < 4.78 is 5.11. The molecule has 8 heteroatoms. The van der Waals surface area contributed by atoms with Crippen LogP contribution in [0.2, 0.25) is 0 Å². The average molecular weight is 338 g/mol. The molecular weight excluding hydrogens is 321 g/mol. The Morgan fingerprint density at radius 3 is 2.80 bits per heavy atom. The Balaban J connectivity index is 0.00000180. The number of nitrogens with two attached hydrogens (primary N) is 1. The van der Waals surface area contributed by atoms with Crippen molar-refractivity contribution in [2.75, 3.05) is 0 Å². The number of carbonyl (C=O) groups excluding carboxylic acids is 1. The van der Waals surface area contributed by atoms with E-state index in [0.717, 1.165) is 17.1 Å². The fraction of sp³-hybridized carbons (Fsp3) is 0.333. The third-order valence-corrected chi connectivity index (χ3v) is 3.49. The zero-order valence-corrected chi connectivity index (χ0v) is 13.4. The molecule has 0 radical (unpaired) electrons. The van der Waals surface area contributed by atoms with Gasteiger partial charge >= 0.3 is 0 Å². The summed E-state index contributed by atoms with van der Waals surface area (Å²) in [4.78, 5) is 16.2. The van der Waals surface area contributed by atoms with Crippen LogP contribution in [0.5, 0.6) is 0 Å². The molecule has 20 heavy (non-hydrogen) atoms.